The van der Waals surface area contributed by atoms with Crippen molar-refractivity contribution in [3.8, 4) is 0 Å². The van der Waals surface area contributed by atoms with Crippen molar-refractivity contribution in [2.75, 3.05) is 18.0 Å². The molecule has 1 saturated carbocycles. The Morgan fingerprint density at radius 3 is 2.52 bits per heavy atom. The summed E-state index contributed by atoms with van der Waals surface area (Å²) >= 11 is 0. The highest BCUT2D eigenvalue weighted by Crippen LogP contribution is 2.46. The summed E-state index contributed by atoms with van der Waals surface area (Å²) in [6.07, 6.45) is 8.09. The maximum atomic E-state index is 11.9. The van der Waals surface area contributed by atoms with Crippen molar-refractivity contribution in [1.29, 1.82) is 0 Å². The number of carbonyl (C=O) groups is 3. The lowest BCUT2D eigenvalue weighted by Gasteiger charge is -2.53. The molecule has 1 spiro atoms. The van der Waals surface area contributed by atoms with Gasteiger partial charge in [-0.25, -0.2) is 4.98 Å². The first-order valence-corrected chi connectivity index (χ1v) is 9.08. The van der Waals surface area contributed by atoms with E-state index in [0.717, 1.165) is 56.4 Å². The zero-order valence-corrected chi connectivity index (χ0v) is 14.2. The summed E-state index contributed by atoms with van der Waals surface area (Å²) in [7, 11) is 0. The van der Waals surface area contributed by atoms with Crippen LogP contribution in [0.25, 0.3) is 0 Å². The second-order valence-corrected chi connectivity index (χ2v) is 7.78. The molecule has 0 aromatic carbocycles. The van der Waals surface area contributed by atoms with Gasteiger partial charge in [0.05, 0.1) is 5.92 Å². The van der Waals surface area contributed by atoms with Crippen LogP contribution >= 0.6 is 0 Å². The molecule has 1 aromatic rings. The van der Waals surface area contributed by atoms with Crippen LogP contribution in [0.15, 0.2) is 18.3 Å². The van der Waals surface area contributed by atoms with E-state index in [-0.39, 0.29) is 23.7 Å². The van der Waals surface area contributed by atoms with E-state index in [9.17, 15) is 14.4 Å². The van der Waals surface area contributed by atoms with Gasteiger partial charge in [-0.2, -0.15) is 0 Å². The summed E-state index contributed by atoms with van der Waals surface area (Å²) in [6, 6.07) is 3.93. The number of nitrogens with one attached hydrogen (secondary N) is 1. The highest BCUT2D eigenvalue weighted by molar-refractivity contribution is 6.00. The molecule has 2 saturated heterocycles. The van der Waals surface area contributed by atoms with Crippen LogP contribution in [0.4, 0.5) is 5.82 Å². The number of pyridine rings is 1. The van der Waals surface area contributed by atoms with Crippen molar-refractivity contribution >= 4 is 23.9 Å². The Morgan fingerprint density at radius 2 is 1.92 bits per heavy atom. The molecule has 1 N–H and O–H groups in total. The zero-order chi connectivity index (χ0) is 17.4. The van der Waals surface area contributed by atoms with Crippen molar-refractivity contribution in [2.24, 2.45) is 11.3 Å². The van der Waals surface area contributed by atoms with Crippen molar-refractivity contribution in [3.05, 3.63) is 23.9 Å². The van der Waals surface area contributed by atoms with Crippen LogP contribution in [-0.4, -0.2) is 36.2 Å². The Balaban J connectivity index is 1.37. The van der Waals surface area contributed by atoms with Gasteiger partial charge in [0, 0.05) is 37.0 Å². The number of piperidine rings is 1. The molecule has 4 rings (SSSR count). The fourth-order valence-corrected chi connectivity index (χ4v) is 4.43. The predicted molar refractivity (Wildman–Crippen MR) is 92.0 cm³/mol. The second-order valence-electron chi connectivity index (χ2n) is 7.78. The Kier molecular flexibility index (Phi) is 4.06. The molecule has 6 heteroatoms. The minimum Gasteiger partial charge on any atom is -0.355 e. The Labute approximate surface area is 147 Å². The van der Waals surface area contributed by atoms with E-state index in [0.29, 0.717) is 18.3 Å². The van der Waals surface area contributed by atoms with Gasteiger partial charge in [0.25, 0.3) is 0 Å². The Morgan fingerprint density at radius 1 is 1.16 bits per heavy atom. The molecule has 1 aliphatic carbocycles. The lowest BCUT2D eigenvalue weighted by Crippen LogP contribution is -2.58. The normalized spacial score (nSPS) is 26.2. The average Bonchev–Trinajstić information content (AvgIpc) is 2.60. The summed E-state index contributed by atoms with van der Waals surface area (Å²) in [6.45, 7) is 2.01. The van der Waals surface area contributed by atoms with Crippen LogP contribution in [0, 0.1) is 11.3 Å². The molecule has 2 amide bonds. The van der Waals surface area contributed by atoms with E-state index in [4.69, 9.17) is 0 Å². The van der Waals surface area contributed by atoms with Crippen LogP contribution < -0.4 is 10.2 Å². The molecule has 0 bridgehead atoms. The molecule has 1 unspecified atom stereocenters. The topological polar surface area (TPSA) is 79.4 Å². The minimum absolute atomic E-state index is 0.194. The van der Waals surface area contributed by atoms with Gasteiger partial charge in [-0.15, -0.1) is 0 Å². The lowest BCUT2D eigenvalue weighted by atomic mass is 9.66. The van der Waals surface area contributed by atoms with E-state index in [1.54, 1.807) is 6.20 Å². The predicted octanol–water partition coefficient (Wildman–Crippen LogP) is 1.80. The summed E-state index contributed by atoms with van der Waals surface area (Å²) < 4.78 is 0. The number of hydrogen-bond acceptors (Lipinski definition) is 5. The molecule has 1 atom stereocenters. The fourth-order valence-electron chi connectivity index (χ4n) is 4.43. The van der Waals surface area contributed by atoms with Crippen LogP contribution in [0.1, 0.15) is 50.0 Å². The first-order chi connectivity index (χ1) is 12.1. The largest absolute Gasteiger partial charge is 0.355 e. The van der Waals surface area contributed by atoms with Crippen molar-refractivity contribution in [1.82, 2.24) is 10.3 Å². The minimum atomic E-state index is -0.277. The molecule has 1 aromatic heterocycles. The average molecular weight is 341 g/mol. The third-order valence-corrected chi connectivity index (χ3v) is 6.07. The monoisotopic (exact) mass is 341 g/mol. The number of carbonyl (C=O) groups excluding carboxylic acids is 3. The molecule has 3 heterocycles. The third kappa shape index (κ3) is 3.05. The number of amides is 2. The summed E-state index contributed by atoms with van der Waals surface area (Å²) in [5.41, 5.74) is 1.24. The lowest BCUT2D eigenvalue weighted by molar-refractivity contribution is -0.134. The van der Waals surface area contributed by atoms with E-state index in [1.165, 1.54) is 0 Å². The number of imide groups is 1. The summed E-state index contributed by atoms with van der Waals surface area (Å²) in [4.78, 5) is 40.9. The quantitative estimate of drug-likeness (QED) is 0.670. The highest BCUT2D eigenvalue weighted by atomic mass is 16.2. The fraction of sp³-hybridized carbons (Fsp3) is 0.579. The molecule has 132 valence electrons. The number of aromatic nitrogens is 1. The van der Waals surface area contributed by atoms with Crippen molar-refractivity contribution < 1.29 is 14.4 Å². The van der Waals surface area contributed by atoms with E-state index < -0.39 is 0 Å². The van der Waals surface area contributed by atoms with E-state index >= 15 is 0 Å². The standard InChI is InChI=1S/C19H23N3O3/c23-10-13-5-7-19(8-6-13)11-22(12-19)16-3-1-14(9-20-16)15-2-4-17(24)21-18(15)25/h1,3,9-10,13,15H,2,4-8,11-12H2,(H,21,24,25). The van der Waals surface area contributed by atoms with Gasteiger partial charge in [-0.05, 0) is 43.7 Å². The van der Waals surface area contributed by atoms with Crippen LogP contribution in [0.5, 0.6) is 0 Å². The van der Waals surface area contributed by atoms with Crippen LogP contribution in [0.3, 0.4) is 0 Å². The van der Waals surface area contributed by atoms with Gasteiger partial charge in [0.15, 0.2) is 0 Å². The first kappa shape index (κ1) is 16.2. The molecule has 3 aliphatic rings. The smallest absolute Gasteiger partial charge is 0.234 e. The SMILES string of the molecule is O=CC1CCC2(CC1)CN(c1ccc(C3CCC(=O)NC3=O)cn1)C2. The van der Waals surface area contributed by atoms with Crippen molar-refractivity contribution in [3.63, 3.8) is 0 Å². The molecule has 6 nitrogen and oxygen atoms in total. The van der Waals surface area contributed by atoms with Crippen LogP contribution in [-0.2, 0) is 14.4 Å². The van der Waals surface area contributed by atoms with E-state index in [2.05, 4.69) is 15.2 Å². The van der Waals surface area contributed by atoms with Gasteiger partial charge in [0.1, 0.15) is 12.1 Å². The molecule has 0 radical (unpaired) electrons. The highest BCUT2D eigenvalue weighted by Gasteiger charge is 2.45. The van der Waals surface area contributed by atoms with Gasteiger partial charge < -0.3 is 9.69 Å². The van der Waals surface area contributed by atoms with Crippen molar-refractivity contribution in [2.45, 2.75) is 44.4 Å². The van der Waals surface area contributed by atoms with Crippen LogP contribution in [0.2, 0.25) is 0 Å². The molecule has 3 fully saturated rings. The molecular weight excluding hydrogens is 318 g/mol. The number of anilines is 1. The summed E-state index contributed by atoms with van der Waals surface area (Å²) in [5, 5.41) is 2.39. The number of aldehydes is 1. The molecule has 25 heavy (non-hydrogen) atoms. The van der Waals surface area contributed by atoms with E-state index in [1.807, 2.05) is 12.1 Å². The number of hydrogen-bond donors (Lipinski definition) is 1. The van der Waals surface area contributed by atoms with Gasteiger partial charge in [-0.1, -0.05) is 6.07 Å². The molecular formula is C19H23N3O3. The van der Waals surface area contributed by atoms with Gasteiger partial charge in [-0.3, -0.25) is 14.9 Å². The first-order valence-electron chi connectivity index (χ1n) is 9.08. The Hall–Kier alpha value is -2.24. The maximum Gasteiger partial charge on any atom is 0.234 e. The molecule has 2 aliphatic heterocycles. The Bertz CT molecular complexity index is 684. The summed E-state index contributed by atoms with van der Waals surface area (Å²) in [5.74, 6) is 0.507. The number of nitrogens with zero attached hydrogens (tertiary/aromatic N) is 2. The van der Waals surface area contributed by atoms with Gasteiger partial charge in [0.2, 0.25) is 11.8 Å². The maximum absolute atomic E-state index is 11.9. The number of rotatable bonds is 3. The second kappa shape index (κ2) is 6.24. The zero-order valence-electron chi connectivity index (χ0n) is 14.2. The van der Waals surface area contributed by atoms with Gasteiger partial charge >= 0.3 is 0 Å². The third-order valence-electron chi connectivity index (χ3n) is 6.07.